The third-order valence-corrected chi connectivity index (χ3v) is 3.84. The first-order valence-electron chi connectivity index (χ1n) is 8.09. The van der Waals surface area contributed by atoms with E-state index in [2.05, 4.69) is 10.1 Å². The molecule has 23 heavy (non-hydrogen) atoms. The van der Waals surface area contributed by atoms with Crippen LogP contribution < -0.4 is 10.6 Å². The molecule has 0 aromatic rings. The minimum atomic E-state index is -5.00. The first-order valence-corrected chi connectivity index (χ1v) is 8.09. The molecule has 0 saturated heterocycles. The molecule has 1 saturated carbocycles. The topological polar surface area (TPSA) is 67.4 Å². The van der Waals surface area contributed by atoms with Crippen molar-refractivity contribution in [3.8, 4) is 0 Å². The summed E-state index contributed by atoms with van der Waals surface area (Å²) >= 11 is 0. The molecule has 1 atom stereocenters. The van der Waals surface area contributed by atoms with E-state index in [1.165, 1.54) is 6.92 Å². The summed E-state index contributed by atoms with van der Waals surface area (Å²) in [6, 6.07) is -0.489. The molecular formula is C15H25F3N2O3. The minimum absolute atomic E-state index is 0.0937. The molecular weight excluding hydrogens is 313 g/mol. The second-order valence-corrected chi connectivity index (χ2v) is 5.75. The van der Waals surface area contributed by atoms with Gasteiger partial charge in [-0.3, -0.25) is 10.1 Å². The molecule has 1 fully saturated rings. The lowest BCUT2D eigenvalue weighted by atomic mass is 9.93. The molecule has 0 bridgehead atoms. The van der Waals surface area contributed by atoms with Crippen LogP contribution in [-0.2, 0) is 14.3 Å². The summed E-state index contributed by atoms with van der Waals surface area (Å²) in [7, 11) is 0. The third kappa shape index (κ3) is 5.09. The standard InChI is InChI=1S/C15H25F3N2O3/c1-3-8-12(21)20-14(15(16,17)18,13(22)23-4-2)19-11-9-6-5-7-10-11/h11,19H,3-10H2,1-2H3,(H,20,21)/t14-/m1/s1. The molecule has 0 spiro atoms. The zero-order valence-corrected chi connectivity index (χ0v) is 13.6. The van der Waals surface area contributed by atoms with Crippen molar-refractivity contribution in [1.29, 1.82) is 0 Å². The molecule has 0 radical (unpaired) electrons. The van der Waals surface area contributed by atoms with E-state index in [4.69, 9.17) is 0 Å². The number of amides is 1. The van der Waals surface area contributed by atoms with Gasteiger partial charge in [-0.2, -0.15) is 13.2 Å². The zero-order valence-electron chi connectivity index (χ0n) is 13.6. The Morgan fingerprint density at radius 1 is 1.13 bits per heavy atom. The van der Waals surface area contributed by atoms with Crippen LogP contribution in [-0.4, -0.2) is 36.4 Å². The maximum atomic E-state index is 13.7. The van der Waals surface area contributed by atoms with Crippen LogP contribution in [0.2, 0.25) is 0 Å². The number of carbonyl (C=O) groups excluding carboxylic acids is 2. The molecule has 0 aromatic heterocycles. The van der Waals surface area contributed by atoms with E-state index in [-0.39, 0.29) is 13.0 Å². The molecule has 2 N–H and O–H groups in total. The molecule has 1 amide bonds. The van der Waals surface area contributed by atoms with E-state index in [0.717, 1.165) is 19.3 Å². The number of alkyl halides is 3. The zero-order chi connectivity index (χ0) is 17.5. The lowest BCUT2D eigenvalue weighted by Crippen LogP contribution is -2.74. The second kappa shape index (κ2) is 8.52. The molecule has 8 heteroatoms. The second-order valence-electron chi connectivity index (χ2n) is 5.75. The largest absolute Gasteiger partial charge is 0.463 e. The molecule has 0 aromatic carbocycles. The molecule has 134 valence electrons. The predicted molar refractivity (Wildman–Crippen MR) is 78.5 cm³/mol. The Labute approximate surface area is 134 Å². The van der Waals surface area contributed by atoms with Crippen LogP contribution in [0, 0.1) is 0 Å². The van der Waals surface area contributed by atoms with Gasteiger partial charge < -0.3 is 10.1 Å². The van der Waals surface area contributed by atoms with Gasteiger partial charge in [-0.25, -0.2) is 4.79 Å². The SMILES string of the molecule is CCCC(=O)N[C@](NC1CCCCC1)(C(=O)OCC)C(F)(F)F. The van der Waals surface area contributed by atoms with E-state index >= 15 is 0 Å². The summed E-state index contributed by atoms with van der Waals surface area (Å²) in [5.41, 5.74) is -3.18. The number of halogens is 3. The Morgan fingerprint density at radius 3 is 2.22 bits per heavy atom. The highest BCUT2D eigenvalue weighted by Crippen LogP contribution is 2.32. The van der Waals surface area contributed by atoms with Crippen molar-refractivity contribution >= 4 is 11.9 Å². The van der Waals surface area contributed by atoms with Gasteiger partial charge in [0.1, 0.15) is 0 Å². The van der Waals surface area contributed by atoms with Gasteiger partial charge >= 0.3 is 12.1 Å². The lowest BCUT2D eigenvalue weighted by Gasteiger charge is -2.38. The van der Waals surface area contributed by atoms with Crippen molar-refractivity contribution < 1.29 is 27.5 Å². The van der Waals surface area contributed by atoms with Gasteiger partial charge in [0.15, 0.2) is 0 Å². The first kappa shape index (κ1) is 19.7. The van der Waals surface area contributed by atoms with Crippen LogP contribution in [0.1, 0.15) is 58.8 Å². The quantitative estimate of drug-likeness (QED) is 0.553. The molecule has 0 aliphatic heterocycles. The van der Waals surface area contributed by atoms with Gasteiger partial charge in [-0.05, 0) is 26.2 Å². The van der Waals surface area contributed by atoms with Crippen LogP contribution in [0.25, 0.3) is 0 Å². The fourth-order valence-electron chi connectivity index (χ4n) is 2.71. The van der Waals surface area contributed by atoms with E-state index in [1.807, 2.05) is 5.32 Å². The van der Waals surface area contributed by atoms with Gasteiger partial charge in [-0.1, -0.05) is 26.2 Å². The highest BCUT2D eigenvalue weighted by atomic mass is 19.4. The fourth-order valence-corrected chi connectivity index (χ4v) is 2.71. The van der Waals surface area contributed by atoms with Crippen LogP contribution in [0.4, 0.5) is 13.2 Å². The third-order valence-electron chi connectivity index (χ3n) is 3.84. The lowest BCUT2D eigenvalue weighted by molar-refractivity contribution is -0.224. The molecule has 0 unspecified atom stereocenters. The Hall–Kier alpha value is -1.31. The summed E-state index contributed by atoms with van der Waals surface area (Å²) in [6.07, 6.45) is -1.12. The molecule has 1 aliphatic carbocycles. The highest BCUT2D eigenvalue weighted by Gasteiger charge is 2.63. The van der Waals surface area contributed by atoms with E-state index in [1.54, 1.807) is 6.92 Å². The number of carbonyl (C=O) groups is 2. The van der Waals surface area contributed by atoms with E-state index < -0.39 is 29.8 Å². The summed E-state index contributed by atoms with van der Waals surface area (Å²) in [5.74, 6) is -2.34. The van der Waals surface area contributed by atoms with Gasteiger partial charge in [0.25, 0.3) is 5.66 Å². The number of hydrogen-bond acceptors (Lipinski definition) is 4. The molecule has 1 aliphatic rings. The first-order chi connectivity index (χ1) is 10.8. The van der Waals surface area contributed by atoms with Crippen LogP contribution in [0.15, 0.2) is 0 Å². The van der Waals surface area contributed by atoms with Crippen molar-refractivity contribution in [2.45, 2.75) is 76.7 Å². The van der Waals surface area contributed by atoms with Gasteiger partial charge in [0.2, 0.25) is 5.91 Å². The van der Waals surface area contributed by atoms with Crippen molar-refractivity contribution in [3.05, 3.63) is 0 Å². The molecule has 0 heterocycles. The van der Waals surface area contributed by atoms with Crippen molar-refractivity contribution in [3.63, 3.8) is 0 Å². The monoisotopic (exact) mass is 338 g/mol. The summed E-state index contributed by atoms with van der Waals surface area (Å²) in [5, 5.41) is 4.21. The van der Waals surface area contributed by atoms with E-state index in [9.17, 15) is 22.8 Å². The van der Waals surface area contributed by atoms with E-state index in [0.29, 0.717) is 19.3 Å². The minimum Gasteiger partial charge on any atom is -0.463 e. The number of hydrogen-bond donors (Lipinski definition) is 2. The Balaban J connectivity index is 3.10. The number of rotatable bonds is 7. The van der Waals surface area contributed by atoms with Crippen molar-refractivity contribution in [2.24, 2.45) is 0 Å². The Morgan fingerprint density at radius 2 is 1.74 bits per heavy atom. The Bertz CT molecular complexity index is 409. The molecule has 1 rings (SSSR count). The summed E-state index contributed by atoms with van der Waals surface area (Å²) < 4.78 is 45.8. The normalized spacial score (nSPS) is 19.0. The Kier molecular flexibility index (Phi) is 7.31. The van der Waals surface area contributed by atoms with Crippen LogP contribution >= 0.6 is 0 Å². The van der Waals surface area contributed by atoms with Gasteiger partial charge in [0.05, 0.1) is 6.61 Å². The predicted octanol–water partition coefficient (Wildman–Crippen LogP) is 2.65. The maximum Gasteiger partial charge on any atom is 0.436 e. The maximum absolute atomic E-state index is 13.7. The number of esters is 1. The smallest absolute Gasteiger partial charge is 0.436 e. The summed E-state index contributed by atoms with van der Waals surface area (Å²) in [4.78, 5) is 23.9. The average Bonchev–Trinajstić information content (AvgIpc) is 2.46. The van der Waals surface area contributed by atoms with Crippen molar-refractivity contribution in [2.75, 3.05) is 6.61 Å². The summed E-state index contributed by atoms with van der Waals surface area (Å²) in [6.45, 7) is 2.90. The average molecular weight is 338 g/mol. The van der Waals surface area contributed by atoms with Gasteiger partial charge in [0, 0.05) is 12.5 Å². The van der Waals surface area contributed by atoms with Crippen molar-refractivity contribution in [1.82, 2.24) is 10.6 Å². The van der Waals surface area contributed by atoms with Crippen LogP contribution in [0.5, 0.6) is 0 Å². The number of ether oxygens (including phenoxy) is 1. The number of nitrogens with one attached hydrogen (secondary N) is 2. The fraction of sp³-hybridized carbons (Fsp3) is 0.867. The molecule has 5 nitrogen and oxygen atoms in total. The van der Waals surface area contributed by atoms with Gasteiger partial charge in [-0.15, -0.1) is 0 Å². The van der Waals surface area contributed by atoms with Crippen LogP contribution in [0.3, 0.4) is 0 Å². The highest BCUT2D eigenvalue weighted by molar-refractivity contribution is 5.88.